The second-order valence-electron chi connectivity index (χ2n) is 8.98. The summed E-state index contributed by atoms with van der Waals surface area (Å²) in [7, 11) is 0. The van der Waals surface area contributed by atoms with Gasteiger partial charge in [-0.3, -0.25) is 9.59 Å². The van der Waals surface area contributed by atoms with Crippen LogP contribution in [0.4, 0.5) is 5.82 Å². The van der Waals surface area contributed by atoms with E-state index in [4.69, 9.17) is 11.6 Å². The normalized spacial score (nSPS) is 14.4. The zero-order valence-electron chi connectivity index (χ0n) is 20.0. The van der Waals surface area contributed by atoms with E-state index in [1.165, 1.54) is 18.3 Å². The number of carbonyl (C=O) groups excluding carboxylic acids is 2. The van der Waals surface area contributed by atoms with Gasteiger partial charge in [0, 0.05) is 42.3 Å². The van der Waals surface area contributed by atoms with Crippen molar-refractivity contribution in [1.82, 2.24) is 19.8 Å². The van der Waals surface area contributed by atoms with Gasteiger partial charge in [0.1, 0.15) is 18.1 Å². The average Bonchev–Trinajstić information content (AvgIpc) is 3.18. The highest BCUT2D eigenvalue weighted by molar-refractivity contribution is 8.93. The van der Waals surface area contributed by atoms with Gasteiger partial charge in [0.25, 0.3) is 5.91 Å². The van der Waals surface area contributed by atoms with Crippen LogP contribution in [-0.2, 0) is 11.3 Å². The van der Waals surface area contributed by atoms with E-state index in [9.17, 15) is 19.5 Å². The number of aromatic nitrogens is 2. The maximum atomic E-state index is 13.3. The Morgan fingerprint density at radius 3 is 2.47 bits per heavy atom. The number of anilines is 1. The molecule has 0 bridgehead atoms. The molecule has 2 aromatic heterocycles. The number of aromatic carboxylic acids is 1. The fraction of sp³-hybridized carbons (Fsp3) is 0.360. The quantitative estimate of drug-likeness (QED) is 0.387. The van der Waals surface area contributed by atoms with Gasteiger partial charge < -0.3 is 25.2 Å². The van der Waals surface area contributed by atoms with Crippen LogP contribution < -0.4 is 10.6 Å². The van der Waals surface area contributed by atoms with Gasteiger partial charge in [0.15, 0.2) is 0 Å². The number of hydrogen-bond acceptors (Lipinski definition) is 5. The Balaban J connectivity index is 0.00000361. The maximum Gasteiger partial charge on any atom is 0.335 e. The van der Waals surface area contributed by atoms with Crippen LogP contribution in [0.3, 0.4) is 0 Å². The molecule has 2 amide bonds. The van der Waals surface area contributed by atoms with Crippen molar-refractivity contribution < 1.29 is 19.5 Å². The Hall–Kier alpha value is -2.95. The van der Waals surface area contributed by atoms with Crippen molar-refractivity contribution in [1.29, 1.82) is 0 Å². The topological polar surface area (TPSA) is 117 Å². The van der Waals surface area contributed by atoms with E-state index in [2.05, 4.69) is 34.4 Å². The molecule has 1 aliphatic rings. The van der Waals surface area contributed by atoms with E-state index >= 15 is 0 Å². The van der Waals surface area contributed by atoms with Gasteiger partial charge in [-0.25, -0.2) is 9.78 Å². The van der Waals surface area contributed by atoms with E-state index in [1.807, 2.05) is 0 Å². The minimum absolute atomic E-state index is 0. The Morgan fingerprint density at radius 2 is 1.86 bits per heavy atom. The van der Waals surface area contributed by atoms with Crippen molar-refractivity contribution in [3.63, 3.8) is 0 Å². The molecule has 4 rings (SSSR count). The van der Waals surface area contributed by atoms with E-state index in [-0.39, 0.29) is 46.9 Å². The number of nitrogens with one attached hydrogen (secondary N) is 2. The molecule has 11 heteroatoms. The van der Waals surface area contributed by atoms with Gasteiger partial charge in [-0.05, 0) is 63.1 Å². The van der Waals surface area contributed by atoms with Crippen LogP contribution in [0.15, 0.2) is 42.6 Å². The van der Waals surface area contributed by atoms with Gasteiger partial charge in [-0.1, -0.05) is 11.6 Å². The number of halogens is 2. The first kappa shape index (κ1) is 27.6. The highest BCUT2D eigenvalue weighted by Gasteiger charge is 2.25. The molecule has 1 fully saturated rings. The molecule has 1 aliphatic heterocycles. The lowest BCUT2D eigenvalue weighted by Gasteiger charge is -2.34. The summed E-state index contributed by atoms with van der Waals surface area (Å²) in [4.78, 5) is 44.0. The third-order valence-corrected chi connectivity index (χ3v) is 6.50. The highest BCUT2D eigenvalue weighted by atomic mass is 79.9. The number of carboxylic acids is 1. The number of amides is 2. The summed E-state index contributed by atoms with van der Waals surface area (Å²) in [6.07, 6.45) is 3.12. The van der Waals surface area contributed by atoms with Gasteiger partial charge in [0.2, 0.25) is 5.91 Å². The van der Waals surface area contributed by atoms with Crippen LogP contribution in [0.5, 0.6) is 0 Å². The fourth-order valence-electron chi connectivity index (χ4n) is 4.36. The Bertz CT molecular complexity index is 1250. The van der Waals surface area contributed by atoms with Crippen LogP contribution in [0.25, 0.3) is 10.9 Å². The van der Waals surface area contributed by atoms with Gasteiger partial charge in [0.05, 0.1) is 10.6 Å². The molecule has 0 aliphatic carbocycles. The highest BCUT2D eigenvalue weighted by Crippen LogP contribution is 2.23. The molecule has 0 unspecified atom stereocenters. The largest absolute Gasteiger partial charge is 0.478 e. The predicted molar refractivity (Wildman–Crippen MR) is 144 cm³/mol. The first-order valence-electron chi connectivity index (χ1n) is 11.5. The van der Waals surface area contributed by atoms with E-state index in [0.29, 0.717) is 33.5 Å². The zero-order chi connectivity index (χ0) is 25.1. The summed E-state index contributed by atoms with van der Waals surface area (Å²) in [6.45, 7) is 5.99. The summed E-state index contributed by atoms with van der Waals surface area (Å²) in [5, 5.41) is 16.2. The lowest BCUT2D eigenvalue weighted by atomic mass is 10.0. The van der Waals surface area contributed by atoms with Crippen LogP contribution in [0.1, 0.15) is 47.5 Å². The summed E-state index contributed by atoms with van der Waals surface area (Å²) < 4.78 is 1.60. The lowest BCUT2D eigenvalue weighted by molar-refractivity contribution is -0.116. The molecule has 0 spiro atoms. The molecule has 36 heavy (non-hydrogen) atoms. The summed E-state index contributed by atoms with van der Waals surface area (Å²) in [5.41, 5.74) is 1.000. The third-order valence-electron chi connectivity index (χ3n) is 6.27. The molecular formula is C25H29BrClN5O4. The first-order valence-corrected chi connectivity index (χ1v) is 11.9. The molecule has 9 nitrogen and oxygen atoms in total. The minimum Gasteiger partial charge on any atom is -0.478 e. The third kappa shape index (κ3) is 6.43. The number of likely N-dealkylation sites (tertiary alicyclic amines) is 1. The van der Waals surface area contributed by atoms with E-state index < -0.39 is 5.97 Å². The average molecular weight is 579 g/mol. The number of carboxylic acid groups (broad SMARTS) is 1. The standard InChI is InChI=1S/C25H28ClN5O4.BrH/c1-15(2)30-9-7-19(8-10-30)28-24(33)21-12-17-11-16(25(34)35)3-5-20(17)31(21)14-23(32)29-22-6-4-18(26)13-27-22;/h3-6,11-13,15,19H,7-10,14H2,1-2H3,(H,28,33)(H,34,35)(H,27,29,32);1H. The lowest BCUT2D eigenvalue weighted by Crippen LogP contribution is -2.47. The molecule has 1 saturated heterocycles. The monoisotopic (exact) mass is 577 g/mol. The number of hydrogen-bond donors (Lipinski definition) is 3. The number of nitrogens with zero attached hydrogens (tertiary/aromatic N) is 3. The molecule has 0 saturated carbocycles. The van der Waals surface area contributed by atoms with Crippen LogP contribution >= 0.6 is 28.6 Å². The molecule has 3 heterocycles. The number of rotatable bonds is 7. The SMILES string of the molecule is Br.CC(C)N1CCC(NC(=O)c2cc3cc(C(=O)O)ccc3n2CC(=O)Nc2ccc(Cl)cn2)CC1. The van der Waals surface area contributed by atoms with Crippen LogP contribution in [-0.4, -0.2) is 62.5 Å². The van der Waals surface area contributed by atoms with Crippen molar-refractivity contribution in [3.05, 3.63) is 58.9 Å². The first-order chi connectivity index (χ1) is 16.7. The summed E-state index contributed by atoms with van der Waals surface area (Å²) >= 11 is 5.85. The van der Waals surface area contributed by atoms with E-state index in [1.54, 1.807) is 28.8 Å². The van der Waals surface area contributed by atoms with E-state index in [0.717, 1.165) is 25.9 Å². The molecule has 0 atom stereocenters. The van der Waals surface area contributed by atoms with Crippen molar-refractivity contribution in [2.45, 2.75) is 45.3 Å². The number of fused-ring (bicyclic) bond motifs is 1. The molecule has 192 valence electrons. The van der Waals surface area contributed by atoms with Gasteiger partial charge >= 0.3 is 5.97 Å². The van der Waals surface area contributed by atoms with Crippen molar-refractivity contribution >= 4 is 63.1 Å². The van der Waals surface area contributed by atoms with Crippen molar-refractivity contribution in [2.24, 2.45) is 0 Å². The Morgan fingerprint density at radius 1 is 1.14 bits per heavy atom. The summed E-state index contributed by atoms with van der Waals surface area (Å²) in [6, 6.07) is 9.92. The van der Waals surface area contributed by atoms with Gasteiger partial charge in [-0.2, -0.15) is 0 Å². The molecule has 3 aromatic rings. The smallest absolute Gasteiger partial charge is 0.335 e. The number of benzene rings is 1. The number of carbonyl (C=O) groups is 3. The van der Waals surface area contributed by atoms with Crippen LogP contribution in [0, 0.1) is 0 Å². The van der Waals surface area contributed by atoms with Gasteiger partial charge in [-0.15, -0.1) is 17.0 Å². The Labute approximate surface area is 224 Å². The molecule has 1 aromatic carbocycles. The Kier molecular flexibility index (Phi) is 9.10. The number of piperidine rings is 1. The van der Waals surface area contributed by atoms with Crippen molar-refractivity contribution in [3.8, 4) is 0 Å². The fourth-order valence-corrected chi connectivity index (χ4v) is 4.47. The summed E-state index contributed by atoms with van der Waals surface area (Å²) in [5.74, 6) is -1.39. The zero-order valence-corrected chi connectivity index (χ0v) is 22.5. The molecule has 3 N–H and O–H groups in total. The van der Waals surface area contributed by atoms with Crippen LogP contribution in [0.2, 0.25) is 5.02 Å². The minimum atomic E-state index is -1.06. The predicted octanol–water partition coefficient (Wildman–Crippen LogP) is 4.21. The second kappa shape index (κ2) is 11.9. The second-order valence-corrected chi connectivity index (χ2v) is 9.42. The number of pyridine rings is 1. The molecular weight excluding hydrogens is 550 g/mol. The maximum absolute atomic E-state index is 13.3. The molecule has 0 radical (unpaired) electrons. The van der Waals surface area contributed by atoms with Crippen molar-refractivity contribution in [2.75, 3.05) is 18.4 Å².